The number of carbonyl (C=O) groups is 1. The Bertz CT molecular complexity index is 339. The van der Waals surface area contributed by atoms with E-state index in [0.717, 1.165) is 17.9 Å². The predicted octanol–water partition coefficient (Wildman–Crippen LogP) is 3.17. The molecule has 0 radical (unpaired) electrons. The molecule has 16 heavy (non-hydrogen) atoms. The van der Waals surface area contributed by atoms with Crippen LogP contribution in [0.4, 0.5) is 0 Å². The maximum absolute atomic E-state index is 11.4. The van der Waals surface area contributed by atoms with E-state index in [2.05, 4.69) is 21.2 Å². The lowest BCUT2D eigenvalue weighted by atomic mass is 10.1. The van der Waals surface area contributed by atoms with Gasteiger partial charge in [-0.1, -0.05) is 46.6 Å². The highest BCUT2D eigenvalue weighted by molar-refractivity contribution is 9.10. The molecule has 0 spiro atoms. The SMILES string of the molecule is CC[C@H](Br)C(=O)NCCc1ccc(Cl)cc1. The highest BCUT2D eigenvalue weighted by atomic mass is 79.9. The Labute approximate surface area is 110 Å². The lowest BCUT2D eigenvalue weighted by molar-refractivity contribution is -0.120. The van der Waals surface area contributed by atoms with Crippen molar-refractivity contribution in [2.24, 2.45) is 0 Å². The molecule has 0 saturated carbocycles. The summed E-state index contributed by atoms with van der Waals surface area (Å²) in [5.74, 6) is 0.0523. The number of amides is 1. The third-order valence-corrected chi connectivity index (χ3v) is 3.58. The first-order valence-corrected chi connectivity index (χ1v) is 6.59. The van der Waals surface area contributed by atoms with Gasteiger partial charge in [-0.3, -0.25) is 4.79 Å². The highest BCUT2D eigenvalue weighted by Crippen LogP contribution is 2.09. The Balaban J connectivity index is 2.30. The number of hydrogen-bond acceptors (Lipinski definition) is 1. The zero-order valence-electron chi connectivity index (χ0n) is 9.17. The van der Waals surface area contributed by atoms with Gasteiger partial charge >= 0.3 is 0 Å². The summed E-state index contributed by atoms with van der Waals surface area (Å²) in [6.07, 6.45) is 1.62. The Morgan fingerprint density at radius 3 is 2.62 bits per heavy atom. The first kappa shape index (κ1) is 13.5. The van der Waals surface area contributed by atoms with Crippen molar-refractivity contribution in [3.8, 4) is 0 Å². The maximum atomic E-state index is 11.4. The molecule has 1 amide bonds. The summed E-state index contributed by atoms with van der Waals surface area (Å²) < 4.78 is 0. The van der Waals surface area contributed by atoms with E-state index < -0.39 is 0 Å². The number of alkyl halides is 1. The van der Waals surface area contributed by atoms with E-state index in [9.17, 15) is 4.79 Å². The Hall–Kier alpha value is -0.540. The van der Waals surface area contributed by atoms with Crippen molar-refractivity contribution < 1.29 is 4.79 Å². The third-order valence-electron chi connectivity index (χ3n) is 2.27. The van der Waals surface area contributed by atoms with Crippen LogP contribution in [0.5, 0.6) is 0 Å². The van der Waals surface area contributed by atoms with Crippen LogP contribution in [0.1, 0.15) is 18.9 Å². The summed E-state index contributed by atoms with van der Waals surface area (Å²) in [6, 6.07) is 7.66. The summed E-state index contributed by atoms with van der Waals surface area (Å²) in [7, 11) is 0. The Morgan fingerprint density at radius 2 is 2.06 bits per heavy atom. The zero-order chi connectivity index (χ0) is 12.0. The number of benzene rings is 1. The van der Waals surface area contributed by atoms with Crippen LogP contribution < -0.4 is 5.32 Å². The van der Waals surface area contributed by atoms with Crippen LogP contribution in [-0.2, 0) is 11.2 Å². The quantitative estimate of drug-likeness (QED) is 0.832. The van der Waals surface area contributed by atoms with Gasteiger partial charge in [0.1, 0.15) is 0 Å². The predicted molar refractivity (Wildman–Crippen MR) is 71.2 cm³/mol. The molecule has 0 saturated heterocycles. The van der Waals surface area contributed by atoms with Crippen molar-refractivity contribution in [1.82, 2.24) is 5.32 Å². The average molecular weight is 305 g/mol. The van der Waals surface area contributed by atoms with E-state index in [1.807, 2.05) is 31.2 Å². The summed E-state index contributed by atoms with van der Waals surface area (Å²) in [4.78, 5) is 11.4. The van der Waals surface area contributed by atoms with Gasteiger partial charge in [0.25, 0.3) is 0 Å². The maximum Gasteiger partial charge on any atom is 0.233 e. The van der Waals surface area contributed by atoms with Crippen molar-refractivity contribution in [2.45, 2.75) is 24.6 Å². The second-order valence-electron chi connectivity index (χ2n) is 3.54. The molecule has 1 N–H and O–H groups in total. The molecule has 88 valence electrons. The zero-order valence-corrected chi connectivity index (χ0v) is 11.5. The van der Waals surface area contributed by atoms with Crippen molar-refractivity contribution >= 4 is 33.4 Å². The van der Waals surface area contributed by atoms with Crippen LogP contribution in [0.3, 0.4) is 0 Å². The summed E-state index contributed by atoms with van der Waals surface area (Å²) in [5.41, 5.74) is 1.17. The Morgan fingerprint density at radius 1 is 1.44 bits per heavy atom. The van der Waals surface area contributed by atoms with Gasteiger partial charge in [-0.2, -0.15) is 0 Å². The molecule has 0 heterocycles. The number of rotatable bonds is 5. The minimum Gasteiger partial charge on any atom is -0.355 e. The van der Waals surface area contributed by atoms with Crippen LogP contribution in [0, 0.1) is 0 Å². The molecule has 1 aromatic carbocycles. The fourth-order valence-electron chi connectivity index (χ4n) is 1.28. The monoisotopic (exact) mass is 303 g/mol. The van der Waals surface area contributed by atoms with Crippen LogP contribution >= 0.6 is 27.5 Å². The molecule has 0 aliphatic carbocycles. The molecule has 4 heteroatoms. The molecular weight excluding hydrogens is 289 g/mol. The third kappa shape index (κ3) is 4.54. The molecule has 1 aromatic rings. The van der Waals surface area contributed by atoms with Gasteiger partial charge in [0.05, 0.1) is 4.83 Å². The minimum absolute atomic E-state index is 0.0523. The van der Waals surface area contributed by atoms with Crippen molar-refractivity contribution in [3.05, 3.63) is 34.9 Å². The van der Waals surface area contributed by atoms with Crippen molar-refractivity contribution in [1.29, 1.82) is 0 Å². The molecule has 0 aliphatic rings. The van der Waals surface area contributed by atoms with Gasteiger partial charge in [-0.25, -0.2) is 0 Å². The summed E-state index contributed by atoms with van der Waals surface area (Å²) in [6.45, 7) is 2.63. The van der Waals surface area contributed by atoms with Crippen molar-refractivity contribution in [3.63, 3.8) is 0 Å². The second-order valence-corrected chi connectivity index (χ2v) is 5.09. The second kappa shape index (κ2) is 6.92. The lowest BCUT2D eigenvalue weighted by Crippen LogP contribution is -2.32. The largest absolute Gasteiger partial charge is 0.355 e. The molecule has 0 bridgehead atoms. The fraction of sp³-hybridized carbons (Fsp3) is 0.417. The molecule has 0 unspecified atom stereocenters. The van der Waals surface area contributed by atoms with Crippen molar-refractivity contribution in [2.75, 3.05) is 6.54 Å². The van der Waals surface area contributed by atoms with E-state index in [4.69, 9.17) is 11.6 Å². The molecular formula is C12H15BrClNO. The van der Waals surface area contributed by atoms with Gasteiger partial charge in [-0.05, 0) is 30.5 Å². The lowest BCUT2D eigenvalue weighted by Gasteiger charge is -2.08. The van der Waals surface area contributed by atoms with E-state index in [0.29, 0.717) is 6.54 Å². The van der Waals surface area contributed by atoms with Gasteiger partial charge in [0.15, 0.2) is 0 Å². The first-order chi connectivity index (χ1) is 7.63. The fourth-order valence-corrected chi connectivity index (χ4v) is 1.57. The molecule has 2 nitrogen and oxygen atoms in total. The van der Waals surface area contributed by atoms with Gasteiger partial charge in [-0.15, -0.1) is 0 Å². The van der Waals surface area contributed by atoms with Crippen LogP contribution in [0.25, 0.3) is 0 Å². The standard InChI is InChI=1S/C12H15BrClNO/c1-2-11(13)12(16)15-8-7-9-3-5-10(14)6-4-9/h3-6,11H,2,7-8H2,1H3,(H,15,16)/t11-/m0/s1. The number of nitrogens with one attached hydrogen (secondary N) is 1. The first-order valence-electron chi connectivity index (χ1n) is 5.29. The van der Waals surface area contributed by atoms with E-state index in [-0.39, 0.29) is 10.7 Å². The highest BCUT2D eigenvalue weighted by Gasteiger charge is 2.10. The number of halogens is 2. The van der Waals surface area contributed by atoms with Gasteiger partial charge < -0.3 is 5.32 Å². The molecule has 0 aliphatic heterocycles. The topological polar surface area (TPSA) is 29.1 Å². The van der Waals surface area contributed by atoms with Crippen LogP contribution in [0.2, 0.25) is 5.02 Å². The van der Waals surface area contributed by atoms with E-state index in [1.165, 1.54) is 5.56 Å². The van der Waals surface area contributed by atoms with Gasteiger partial charge in [0.2, 0.25) is 5.91 Å². The average Bonchev–Trinajstić information content (AvgIpc) is 2.30. The van der Waals surface area contributed by atoms with E-state index in [1.54, 1.807) is 0 Å². The summed E-state index contributed by atoms with van der Waals surface area (Å²) in [5, 5.41) is 3.61. The Kier molecular flexibility index (Phi) is 5.85. The summed E-state index contributed by atoms with van der Waals surface area (Å²) >= 11 is 9.09. The normalized spacial score (nSPS) is 12.2. The van der Waals surface area contributed by atoms with Crippen LogP contribution in [0.15, 0.2) is 24.3 Å². The number of hydrogen-bond donors (Lipinski definition) is 1. The van der Waals surface area contributed by atoms with Crippen LogP contribution in [-0.4, -0.2) is 17.3 Å². The molecule has 1 rings (SSSR count). The van der Waals surface area contributed by atoms with Gasteiger partial charge in [0, 0.05) is 11.6 Å². The van der Waals surface area contributed by atoms with E-state index >= 15 is 0 Å². The molecule has 1 atom stereocenters. The number of carbonyl (C=O) groups excluding carboxylic acids is 1. The molecule has 0 aromatic heterocycles. The molecule has 0 fully saturated rings. The smallest absolute Gasteiger partial charge is 0.233 e. The minimum atomic E-state index is -0.0854.